The van der Waals surface area contributed by atoms with Gasteiger partial charge in [0.2, 0.25) is 0 Å². The van der Waals surface area contributed by atoms with Gasteiger partial charge >= 0.3 is 17.9 Å². The molecule has 0 aliphatic carbocycles. The first-order valence-corrected chi connectivity index (χ1v) is 17.3. The van der Waals surface area contributed by atoms with Crippen LogP contribution in [0.4, 0.5) is 0 Å². The van der Waals surface area contributed by atoms with E-state index in [1.807, 2.05) is 33.3 Å². The lowest BCUT2D eigenvalue weighted by molar-refractivity contribution is -0.870. The van der Waals surface area contributed by atoms with Crippen molar-refractivity contribution in [2.75, 3.05) is 47.5 Å². The summed E-state index contributed by atoms with van der Waals surface area (Å²) in [6.07, 6.45) is 27.8. The molecule has 0 amide bonds. The van der Waals surface area contributed by atoms with Gasteiger partial charge in [0.1, 0.15) is 13.2 Å². The van der Waals surface area contributed by atoms with Crippen molar-refractivity contribution >= 4 is 17.9 Å². The van der Waals surface area contributed by atoms with Gasteiger partial charge in [0, 0.05) is 12.8 Å². The summed E-state index contributed by atoms with van der Waals surface area (Å²) in [7, 11) is 5.91. The van der Waals surface area contributed by atoms with Crippen LogP contribution in [0.25, 0.3) is 0 Å². The minimum Gasteiger partial charge on any atom is -0.477 e. The fraction of sp³-hybridized carbons (Fsp3) is 0.703. The molecule has 264 valence electrons. The average Bonchev–Trinajstić information content (AvgIpc) is 3.00. The number of ether oxygens (including phenoxy) is 4. The molecule has 0 spiro atoms. The van der Waals surface area contributed by atoms with Gasteiger partial charge in [-0.25, -0.2) is 4.79 Å². The van der Waals surface area contributed by atoms with Crippen LogP contribution >= 0.6 is 0 Å². The van der Waals surface area contributed by atoms with E-state index in [9.17, 15) is 19.5 Å². The van der Waals surface area contributed by atoms with Gasteiger partial charge in [0.15, 0.2) is 6.10 Å². The van der Waals surface area contributed by atoms with E-state index in [0.717, 1.165) is 44.9 Å². The summed E-state index contributed by atoms with van der Waals surface area (Å²) in [6, 6.07) is 0. The molecule has 0 rings (SSSR count). The summed E-state index contributed by atoms with van der Waals surface area (Å²) in [5, 5.41) is 9.54. The molecule has 46 heavy (non-hydrogen) atoms. The summed E-state index contributed by atoms with van der Waals surface area (Å²) >= 11 is 0. The highest BCUT2D eigenvalue weighted by Crippen LogP contribution is 2.11. The molecule has 0 aromatic heterocycles. The number of esters is 2. The van der Waals surface area contributed by atoms with Crippen molar-refractivity contribution < 1.29 is 42.9 Å². The molecule has 0 saturated carbocycles. The van der Waals surface area contributed by atoms with E-state index in [2.05, 4.69) is 50.3 Å². The van der Waals surface area contributed by atoms with E-state index in [1.54, 1.807) is 0 Å². The molecule has 0 aromatic carbocycles. The lowest BCUT2D eigenvalue weighted by Gasteiger charge is -2.25. The average molecular weight is 651 g/mol. The van der Waals surface area contributed by atoms with Crippen LogP contribution in [-0.4, -0.2) is 87.4 Å². The standard InChI is InChI=1S/C37H63NO8/c1-6-8-10-12-14-16-17-18-19-20-22-24-26-28-35(40)46-33(32-45-37(36(41)42)43-30-29-38(3,4)5)31-44-34(39)27-25-23-21-15-13-11-9-7-2/h8,10,14,16,18-19,22,24,33,37H,6-7,9,11-13,15,17,20-21,23,25-32H2,1-5H3/p+1/b10-8-,16-14-,19-18-,24-22-. The zero-order chi connectivity index (χ0) is 34.3. The normalized spacial score (nSPS) is 13.7. The second-order valence-electron chi connectivity index (χ2n) is 12.4. The van der Waals surface area contributed by atoms with Crippen LogP contribution < -0.4 is 0 Å². The SMILES string of the molecule is CC/C=C\C/C=C\C/C=C\C/C=C\CCC(=O)OC(COC(=O)CCCCCCCCCC)COC(OCC[N+](C)(C)C)C(=O)O. The van der Waals surface area contributed by atoms with E-state index in [4.69, 9.17) is 18.9 Å². The quantitative estimate of drug-likeness (QED) is 0.0277. The summed E-state index contributed by atoms with van der Waals surface area (Å²) < 4.78 is 22.4. The van der Waals surface area contributed by atoms with Crippen LogP contribution in [-0.2, 0) is 33.3 Å². The van der Waals surface area contributed by atoms with Crippen LogP contribution in [0.5, 0.6) is 0 Å². The number of carbonyl (C=O) groups is 3. The van der Waals surface area contributed by atoms with Gasteiger partial charge in [0.25, 0.3) is 6.29 Å². The van der Waals surface area contributed by atoms with Crippen LogP contribution in [0.2, 0.25) is 0 Å². The number of hydrogen-bond acceptors (Lipinski definition) is 7. The number of aliphatic carboxylic acids is 1. The molecule has 0 radical (unpaired) electrons. The molecule has 0 fully saturated rings. The highest BCUT2D eigenvalue weighted by molar-refractivity contribution is 5.71. The van der Waals surface area contributed by atoms with E-state index in [0.29, 0.717) is 17.4 Å². The van der Waals surface area contributed by atoms with Gasteiger partial charge in [0.05, 0.1) is 34.4 Å². The number of nitrogens with zero attached hydrogens (tertiary/aromatic N) is 1. The van der Waals surface area contributed by atoms with Gasteiger partial charge < -0.3 is 28.5 Å². The van der Waals surface area contributed by atoms with Gasteiger partial charge in [-0.2, -0.15) is 0 Å². The smallest absolute Gasteiger partial charge is 0.361 e. The summed E-state index contributed by atoms with van der Waals surface area (Å²) in [5.41, 5.74) is 0. The van der Waals surface area contributed by atoms with Crippen LogP contribution in [0, 0.1) is 0 Å². The van der Waals surface area contributed by atoms with Crippen molar-refractivity contribution in [3.05, 3.63) is 48.6 Å². The maximum atomic E-state index is 12.6. The van der Waals surface area contributed by atoms with Crippen molar-refractivity contribution in [1.82, 2.24) is 0 Å². The molecule has 0 aliphatic rings. The largest absolute Gasteiger partial charge is 0.477 e. The Morgan fingerprint density at radius 1 is 0.674 bits per heavy atom. The first-order valence-electron chi connectivity index (χ1n) is 17.3. The van der Waals surface area contributed by atoms with Crippen LogP contribution in [0.1, 0.15) is 110 Å². The molecular formula is C37H64NO8+. The summed E-state index contributed by atoms with van der Waals surface area (Å²) in [4.78, 5) is 36.6. The van der Waals surface area contributed by atoms with Crippen LogP contribution in [0.3, 0.4) is 0 Å². The zero-order valence-corrected chi connectivity index (χ0v) is 29.5. The van der Waals surface area contributed by atoms with Crippen molar-refractivity contribution in [1.29, 1.82) is 0 Å². The van der Waals surface area contributed by atoms with Crippen molar-refractivity contribution in [3.8, 4) is 0 Å². The third-order valence-electron chi connectivity index (χ3n) is 6.86. The Morgan fingerprint density at radius 2 is 1.24 bits per heavy atom. The molecule has 0 bridgehead atoms. The number of likely N-dealkylation sites (N-methyl/N-ethyl adjacent to an activating group) is 1. The number of carbonyl (C=O) groups excluding carboxylic acids is 2. The zero-order valence-electron chi connectivity index (χ0n) is 29.5. The molecular weight excluding hydrogens is 586 g/mol. The Hall–Kier alpha value is -2.75. The number of carboxylic acids is 1. The van der Waals surface area contributed by atoms with Gasteiger partial charge in [-0.1, -0.05) is 107 Å². The second kappa shape index (κ2) is 29.6. The monoisotopic (exact) mass is 650 g/mol. The highest BCUT2D eigenvalue weighted by atomic mass is 16.7. The third kappa shape index (κ3) is 29.9. The van der Waals surface area contributed by atoms with E-state index in [-0.39, 0.29) is 38.6 Å². The molecule has 0 saturated heterocycles. The Balaban J connectivity index is 4.74. The number of allylic oxidation sites excluding steroid dienone is 8. The molecule has 0 heterocycles. The number of rotatable bonds is 30. The number of hydrogen-bond donors (Lipinski definition) is 1. The fourth-order valence-electron chi connectivity index (χ4n) is 4.14. The fourth-order valence-corrected chi connectivity index (χ4v) is 4.14. The first-order chi connectivity index (χ1) is 22.1. The maximum Gasteiger partial charge on any atom is 0.361 e. The molecule has 0 aromatic rings. The Labute approximate surface area is 279 Å². The van der Waals surface area contributed by atoms with Crippen molar-refractivity contribution in [2.24, 2.45) is 0 Å². The summed E-state index contributed by atoms with van der Waals surface area (Å²) in [6.45, 7) is 4.59. The van der Waals surface area contributed by atoms with Crippen LogP contribution in [0.15, 0.2) is 48.6 Å². The Kier molecular flexibility index (Phi) is 27.9. The first kappa shape index (κ1) is 43.2. The molecule has 0 aliphatic heterocycles. The molecule has 2 atom stereocenters. The summed E-state index contributed by atoms with van der Waals surface area (Å²) in [5.74, 6) is -2.13. The third-order valence-corrected chi connectivity index (χ3v) is 6.86. The minimum atomic E-state index is -1.52. The minimum absolute atomic E-state index is 0.138. The molecule has 9 nitrogen and oxygen atoms in total. The maximum absolute atomic E-state index is 12.6. The van der Waals surface area contributed by atoms with E-state index < -0.39 is 24.3 Å². The molecule has 9 heteroatoms. The lowest BCUT2D eigenvalue weighted by atomic mass is 10.1. The number of carboxylic acid groups (broad SMARTS) is 1. The molecule has 1 N–H and O–H groups in total. The topological polar surface area (TPSA) is 108 Å². The Bertz CT molecular complexity index is 904. The van der Waals surface area contributed by atoms with Crippen molar-refractivity contribution in [2.45, 2.75) is 123 Å². The molecule has 2 unspecified atom stereocenters. The van der Waals surface area contributed by atoms with E-state index >= 15 is 0 Å². The van der Waals surface area contributed by atoms with E-state index in [1.165, 1.54) is 32.1 Å². The van der Waals surface area contributed by atoms with Gasteiger partial charge in [-0.15, -0.1) is 0 Å². The second-order valence-corrected chi connectivity index (χ2v) is 12.4. The predicted octanol–water partition coefficient (Wildman–Crippen LogP) is 7.71. The highest BCUT2D eigenvalue weighted by Gasteiger charge is 2.25. The van der Waals surface area contributed by atoms with Crippen molar-refractivity contribution in [3.63, 3.8) is 0 Å². The number of quaternary nitrogens is 1. The lowest BCUT2D eigenvalue weighted by Crippen LogP contribution is -2.40. The predicted molar refractivity (Wildman–Crippen MR) is 184 cm³/mol. The van der Waals surface area contributed by atoms with Gasteiger partial charge in [-0.3, -0.25) is 9.59 Å². The van der Waals surface area contributed by atoms with Gasteiger partial charge in [-0.05, 0) is 38.5 Å². The Morgan fingerprint density at radius 3 is 1.80 bits per heavy atom. The number of unbranched alkanes of at least 4 members (excludes halogenated alkanes) is 7.